The van der Waals surface area contributed by atoms with Crippen LogP contribution in [0.5, 0.6) is 0 Å². The van der Waals surface area contributed by atoms with Crippen molar-refractivity contribution in [1.29, 1.82) is 0 Å². The zero-order valence-corrected chi connectivity index (χ0v) is 16.5. The average Bonchev–Trinajstić information content (AvgIpc) is 3.24. The molecule has 2 heterocycles. The Hall–Kier alpha value is -3.24. The van der Waals surface area contributed by atoms with Gasteiger partial charge in [0, 0.05) is 0 Å². The number of aryl methyl sites for hydroxylation is 1. The molecular weight excluding hydrogens is 423 g/mol. The van der Waals surface area contributed by atoms with Gasteiger partial charge in [0.05, 0.1) is 16.9 Å². The van der Waals surface area contributed by atoms with Crippen molar-refractivity contribution in [3.05, 3.63) is 63.5 Å². The molecule has 0 spiro atoms. The third kappa shape index (κ3) is 4.44. The summed E-state index contributed by atoms with van der Waals surface area (Å²) in [5, 5.41) is 8.44. The minimum absolute atomic E-state index is 0.0160. The van der Waals surface area contributed by atoms with E-state index in [0.717, 1.165) is 11.3 Å². The van der Waals surface area contributed by atoms with Gasteiger partial charge in [0.1, 0.15) is 21.5 Å². The third-order valence-corrected chi connectivity index (χ3v) is 4.98. The molecule has 0 unspecified atom stereocenters. The van der Waals surface area contributed by atoms with Gasteiger partial charge >= 0.3 is 5.97 Å². The highest BCUT2D eigenvalue weighted by molar-refractivity contribution is 7.14. The van der Waals surface area contributed by atoms with Crippen molar-refractivity contribution >= 4 is 45.7 Å². The van der Waals surface area contributed by atoms with Crippen molar-refractivity contribution < 1.29 is 23.5 Å². The Morgan fingerprint density at radius 1 is 1.28 bits per heavy atom. The largest absolute Gasteiger partial charge is 0.452 e. The van der Waals surface area contributed by atoms with Gasteiger partial charge in [-0.05, 0) is 42.6 Å². The summed E-state index contributed by atoms with van der Waals surface area (Å²) in [4.78, 5) is 35.7. The van der Waals surface area contributed by atoms with E-state index < -0.39 is 30.2 Å². The van der Waals surface area contributed by atoms with Crippen LogP contribution < -0.4 is 11.1 Å². The molecule has 0 radical (unpaired) electrons. The lowest BCUT2D eigenvalue weighted by Gasteiger charge is -2.06. The van der Waals surface area contributed by atoms with Gasteiger partial charge in [0.2, 0.25) is 0 Å². The van der Waals surface area contributed by atoms with E-state index in [4.69, 9.17) is 22.1 Å². The zero-order valence-electron chi connectivity index (χ0n) is 14.9. The van der Waals surface area contributed by atoms with Crippen LogP contribution in [0.25, 0.3) is 5.69 Å². The van der Waals surface area contributed by atoms with E-state index in [0.29, 0.717) is 5.69 Å². The number of nitrogens with zero attached hydrogens (tertiary/aromatic N) is 2. The Morgan fingerprint density at radius 2 is 1.97 bits per heavy atom. The maximum Gasteiger partial charge on any atom is 0.343 e. The number of ether oxygens (including phenoxy) is 1. The molecule has 0 aliphatic rings. The highest BCUT2D eigenvalue weighted by atomic mass is 35.5. The van der Waals surface area contributed by atoms with Gasteiger partial charge in [-0.25, -0.2) is 13.9 Å². The second-order valence-electron chi connectivity index (χ2n) is 5.79. The number of nitrogens with two attached hydrogens (primary N) is 1. The number of hydrogen-bond donors (Lipinski definition) is 2. The van der Waals surface area contributed by atoms with Crippen LogP contribution in [0, 0.1) is 12.7 Å². The Labute approximate surface area is 173 Å². The molecule has 11 heteroatoms. The molecule has 8 nitrogen and oxygen atoms in total. The molecule has 3 aromatic rings. The summed E-state index contributed by atoms with van der Waals surface area (Å²) in [6, 6.07) is 6.84. The van der Waals surface area contributed by atoms with Crippen LogP contribution in [-0.4, -0.2) is 34.2 Å². The average molecular weight is 437 g/mol. The fraction of sp³-hybridized carbons (Fsp3) is 0.111. The van der Waals surface area contributed by atoms with E-state index in [1.807, 2.05) is 0 Å². The first kappa shape index (κ1) is 20.5. The Kier molecular flexibility index (Phi) is 5.95. The smallest absolute Gasteiger partial charge is 0.343 e. The molecule has 3 N–H and O–H groups in total. The number of esters is 1. The van der Waals surface area contributed by atoms with E-state index >= 15 is 0 Å². The fourth-order valence-corrected chi connectivity index (χ4v) is 3.61. The number of aromatic nitrogens is 2. The second-order valence-corrected chi connectivity index (χ2v) is 7.07. The van der Waals surface area contributed by atoms with Gasteiger partial charge < -0.3 is 15.8 Å². The molecule has 1 aromatic carbocycles. The van der Waals surface area contributed by atoms with Crippen LogP contribution in [0.2, 0.25) is 5.15 Å². The summed E-state index contributed by atoms with van der Waals surface area (Å²) >= 11 is 7.35. The first-order valence-corrected chi connectivity index (χ1v) is 9.39. The van der Waals surface area contributed by atoms with E-state index in [9.17, 15) is 18.8 Å². The number of carbonyl (C=O) groups excluding carboxylic acids is 3. The summed E-state index contributed by atoms with van der Waals surface area (Å²) in [5.41, 5.74) is 6.09. The molecule has 2 aromatic heterocycles. The highest BCUT2D eigenvalue weighted by Crippen LogP contribution is 2.25. The van der Waals surface area contributed by atoms with E-state index in [2.05, 4.69) is 10.4 Å². The van der Waals surface area contributed by atoms with Gasteiger partial charge in [0.15, 0.2) is 6.61 Å². The molecule has 0 bridgehead atoms. The second kappa shape index (κ2) is 8.41. The maximum absolute atomic E-state index is 13.1. The van der Waals surface area contributed by atoms with E-state index in [1.54, 1.807) is 12.3 Å². The number of benzene rings is 1. The van der Waals surface area contributed by atoms with Gasteiger partial charge in [0.25, 0.3) is 11.8 Å². The van der Waals surface area contributed by atoms with Crippen LogP contribution in [0.4, 0.5) is 9.39 Å². The lowest BCUT2D eigenvalue weighted by atomic mass is 10.2. The number of carbonyl (C=O) groups is 3. The topological polar surface area (TPSA) is 116 Å². The van der Waals surface area contributed by atoms with Crippen molar-refractivity contribution in [2.45, 2.75) is 6.92 Å². The normalized spacial score (nSPS) is 10.6. The lowest BCUT2D eigenvalue weighted by molar-refractivity contribution is -0.119. The molecule has 3 rings (SSSR count). The zero-order chi connectivity index (χ0) is 21.1. The molecule has 0 fully saturated rings. The standard InChI is InChI=1S/C18H14ClFN4O4S/c1-9-14(15(19)24(23-9)11-4-2-10(20)3-5-11)18(27)28-8-13(25)22-17-12(16(21)26)6-7-29-17/h2-7H,8H2,1H3,(H2,21,26)(H,22,25). The lowest BCUT2D eigenvalue weighted by Crippen LogP contribution is -2.22. The molecule has 2 amide bonds. The Bertz CT molecular complexity index is 1090. The maximum atomic E-state index is 13.1. The summed E-state index contributed by atoms with van der Waals surface area (Å²) in [5.74, 6) is -2.61. The molecule has 0 aliphatic carbocycles. The molecule has 29 heavy (non-hydrogen) atoms. The summed E-state index contributed by atoms with van der Waals surface area (Å²) in [6.45, 7) is 0.944. The minimum Gasteiger partial charge on any atom is -0.452 e. The van der Waals surface area contributed by atoms with Crippen molar-refractivity contribution in [3.8, 4) is 5.69 Å². The molecular formula is C18H14ClFN4O4S. The van der Waals surface area contributed by atoms with Crippen molar-refractivity contribution in [3.63, 3.8) is 0 Å². The molecule has 0 saturated heterocycles. The van der Waals surface area contributed by atoms with Gasteiger partial charge in [-0.3, -0.25) is 9.59 Å². The minimum atomic E-state index is -0.850. The number of halogens is 2. The van der Waals surface area contributed by atoms with Crippen molar-refractivity contribution in [2.75, 3.05) is 11.9 Å². The first-order valence-electron chi connectivity index (χ1n) is 8.13. The molecule has 0 atom stereocenters. The Balaban J connectivity index is 1.69. The van der Waals surface area contributed by atoms with Gasteiger partial charge in [-0.15, -0.1) is 11.3 Å². The van der Waals surface area contributed by atoms with Crippen LogP contribution in [-0.2, 0) is 9.53 Å². The number of nitrogens with one attached hydrogen (secondary N) is 1. The number of thiophene rings is 1. The van der Waals surface area contributed by atoms with Crippen LogP contribution in [0.15, 0.2) is 35.7 Å². The molecule has 0 saturated carbocycles. The summed E-state index contributed by atoms with van der Waals surface area (Å²) in [6.07, 6.45) is 0. The Morgan fingerprint density at radius 3 is 2.62 bits per heavy atom. The molecule has 0 aliphatic heterocycles. The summed E-state index contributed by atoms with van der Waals surface area (Å²) < 4.78 is 19.4. The number of rotatable bonds is 6. The van der Waals surface area contributed by atoms with Crippen molar-refractivity contribution in [1.82, 2.24) is 9.78 Å². The fourth-order valence-electron chi connectivity index (χ4n) is 2.45. The van der Waals surface area contributed by atoms with Gasteiger partial charge in [-0.1, -0.05) is 11.6 Å². The number of hydrogen-bond acceptors (Lipinski definition) is 6. The summed E-state index contributed by atoms with van der Waals surface area (Å²) in [7, 11) is 0. The predicted molar refractivity (Wildman–Crippen MR) is 105 cm³/mol. The number of amides is 2. The van der Waals surface area contributed by atoms with Crippen LogP contribution in [0.1, 0.15) is 26.4 Å². The predicted octanol–water partition coefficient (Wildman–Crippen LogP) is 2.93. The highest BCUT2D eigenvalue weighted by Gasteiger charge is 2.23. The van der Waals surface area contributed by atoms with Crippen LogP contribution >= 0.6 is 22.9 Å². The molecule has 150 valence electrons. The first-order chi connectivity index (χ1) is 13.8. The van der Waals surface area contributed by atoms with E-state index in [-0.39, 0.29) is 27.0 Å². The number of primary amides is 1. The SMILES string of the molecule is Cc1nn(-c2ccc(F)cc2)c(Cl)c1C(=O)OCC(=O)Nc1sccc1C(N)=O. The van der Waals surface area contributed by atoms with Gasteiger partial charge in [-0.2, -0.15) is 5.10 Å². The monoisotopic (exact) mass is 436 g/mol. The number of anilines is 1. The van der Waals surface area contributed by atoms with Crippen LogP contribution in [0.3, 0.4) is 0 Å². The van der Waals surface area contributed by atoms with Crippen molar-refractivity contribution in [2.24, 2.45) is 5.73 Å². The quantitative estimate of drug-likeness (QED) is 0.576. The van der Waals surface area contributed by atoms with E-state index in [1.165, 1.54) is 35.0 Å². The third-order valence-electron chi connectivity index (χ3n) is 3.80.